The maximum atomic E-state index is 8.58. The van der Waals surface area contributed by atoms with Crippen LogP contribution in [0.4, 0.5) is 0 Å². The van der Waals surface area contributed by atoms with Gasteiger partial charge in [0, 0.05) is 26.2 Å². The molecule has 0 aliphatic rings. The highest BCUT2D eigenvalue weighted by molar-refractivity contribution is 9.10. The minimum absolute atomic E-state index is 0.525. The van der Waals surface area contributed by atoms with Crippen LogP contribution in [0.25, 0.3) is 31.3 Å². The van der Waals surface area contributed by atoms with E-state index in [0.29, 0.717) is 5.46 Å². The molecule has 2 aromatic heterocycles. The predicted molar refractivity (Wildman–Crippen MR) is 163 cm³/mol. The molecule has 2 nitrogen and oxygen atoms in total. The molecule has 6 aromatic rings. The third-order valence-electron chi connectivity index (χ3n) is 5.24. The predicted octanol–water partition coefficient (Wildman–Crippen LogP) is 8.91. The topological polar surface area (TPSA) is 40.5 Å². The molecule has 0 saturated heterocycles. The Morgan fingerprint density at radius 1 is 0.611 bits per heavy atom. The van der Waals surface area contributed by atoms with Crippen LogP contribution in [0.3, 0.4) is 0 Å². The highest BCUT2D eigenvalue weighted by Crippen LogP contribution is 2.37. The lowest BCUT2D eigenvalue weighted by molar-refractivity contribution is 0.426. The lowest BCUT2D eigenvalue weighted by atomic mass is 9.81. The molecule has 0 fully saturated rings. The highest BCUT2D eigenvalue weighted by Gasteiger charge is 2.08. The molecule has 0 radical (unpaired) electrons. The SMILES string of the molecule is Clc1cccc2c(-c3ccccc3)csc12.Clc1cccc2c(Br)csc12.OB(O)c1ccccc1. The van der Waals surface area contributed by atoms with E-state index >= 15 is 0 Å². The first-order valence-corrected chi connectivity index (χ1v) is 14.2. The van der Waals surface area contributed by atoms with Crippen LogP contribution in [0.2, 0.25) is 10.0 Å². The second kappa shape index (κ2) is 12.9. The average molecular weight is 614 g/mol. The molecule has 0 saturated carbocycles. The summed E-state index contributed by atoms with van der Waals surface area (Å²) in [6.45, 7) is 0. The normalized spacial score (nSPS) is 10.4. The van der Waals surface area contributed by atoms with Gasteiger partial charge in [-0.05, 0) is 44.5 Å². The van der Waals surface area contributed by atoms with Crippen LogP contribution < -0.4 is 5.46 Å². The molecule has 0 bridgehead atoms. The Labute approximate surface area is 236 Å². The molecule has 0 atom stereocenters. The van der Waals surface area contributed by atoms with E-state index in [4.69, 9.17) is 33.2 Å². The molecule has 2 N–H and O–H groups in total. The van der Waals surface area contributed by atoms with Gasteiger partial charge >= 0.3 is 7.12 Å². The van der Waals surface area contributed by atoms with E-state index in [0.717, 1.165) is 19.2 Å². The minimum atomic E-state index is -1.34. The summed E-state index contributed by atoms with van der Waals surface area (Å²) in [5.41, 5.74) is 3.04. The van der Waals surface area contributed by atoms with Gasteiger partial charge in [0.2, 0.25) is 0 Å². The quantitative estimate of drug-likeness (QED) is 0.191. The third kappa shape index (κ3) is 6.58. The van der Waals surface area contributed by atoms with Crippen molar-refractivity contribution in [1.82, 2.24) is 0 Å². The highest BCUT2D eigenvalue weighted by atomic mass is 79.9. The van der Waals surface area contributed by atoms with E-state index in [9.17, 15) is 0 Å². The lowest BCUT2D eigenvalue weighted by Crippen LogP contribution is -2.29. The summed E-state index contributed by atoms with van der Waals surface area (Å²) in [5, 5.41) is 25.5. The summed E-state index contributed by atoms with van der Waals surface area (Å²) in [6.07, 6.45) is 0. The molecule has 0 amide bonds. The largest absolute Gasteiger partial charge is 0.488 e. The molecule has 2 heterocycles. The first-order valence-electron chi connectivity index (χ1n) is 10.9. The second-order valence-electron chi connectivity index (χ2n) is 7.62. The number of benzene rings is 4. The Balaban J connectivity index is 0.000000134. The molecule has 0 spiro atoms. The zero-order valence-corrected chi connectivity index (χ0v) is 23.5. The number of hydrogen-bond acceptors (Lipinski definition) is 4. The van der Waals surface area contributed by atoms with Crippen molar-refractivity contribution in [3.63, 3.8) is 0 Å². The van der Waals surface area contributed by atoms with Gasteiger partial charge in [0.05, 0.1) is 19.4 Å². The van der Waals surface area contributed by atoms with Gasteiger partial charge in [-0.1, -0.05) is 108 Å². The van der Waals surface area contributed by atoms with Crippen molar-refractivity contribution in [1.29, 1.82) is 0 Å². The summed E-state index contributed by atoms with van der Waals surface area (Å²) in [5.74, 6) is 0. The zero-order valence-electron chi connectivity index (χ0n) is 18.8. The molecule has 0 aliphatic carbocycles. The zero-order chi connectivity index (χ0) is 25.5. The summed E-state index contributed by atoms with van der Waals surface area (Å²) >= 11 is 18.9. The number of thiophene rings is 2. The fraction of sp³-hybridized carbons (Fsp3) is 0. The van der Waals surface area contributed by atoms with Gasteiger partial charge in [-0.25, -0.2) is 0 Å². The van der Waals surface area contributed by atoms with E-state index in [1.54, 1.807) is 46.9 Å². The Morgan fingerprint density at radius 3 is 1.69 bits per heavy atom. The molecule has 36 heavy (non-hydrogen) atoms. The van der Waals surface area contributed by atoms with E-state index in [2.05, 4.69) is 63.1 Å². The summed E-state index contributed by atoms with van der Waals surface area (Å²) in [6, 6.07) is 31.1. The molecule has 0 unspecified atom stereocenters. The van der Waals surface area contributed by atoms with Gasteiger partial charge in [-0.2, -0.15) is 0 Å². The first kappa shape index (κ1) is 26.9. The van der Waals surface area contributed by atoms with Crippen molar-refractivity contribution < 1.29 is 10.0 Å². The molecule has 180 valence electrons. The number of fused-ring (bicyclic) bond motifs is 2. The molecule has 8 heteroatoms. The van der Waals surface area contributed by atoms with Gasteiger partial charge in [0.15, 0.2) is 0 Å². The van der Waals surface area contributed by atoms with E-state index in [1.165, 1.54) is 26.6 Å². The van der Waals surface area contributed by atoms with E-state index in [-0.39, 0.29) is 0 Å². The standard InChI is InChI=1S/C14H9ClS.C8H4BrClS.C6H7BO2/c15-13-8-4-7-11-12(9-16-14(11)13)10-5-2-1-3-6-10;9-6-4-11-8-5(6)2-1-3-7(8)10;8-7(9)6-4-2-1-3-5-6/h1-9H;1-4H;1-5,8-9H. The van der Waals surface area contributed by atoms with Crippen LogP contribution in [-0.2, 0) is 0 Å². The van der Waals surface area contributed by atoms with Crippen molar-refractivity contribution in [2.45, 2.75) is 0 Å². The number of halogens is 3. The van der Waals surface area contributed by atoms with Crippen LogP contribution in [-0.4, -0.2) is 17.2 Å². The van der Waals surface area contributed by atoms with Gasteiger partial charge < -0.3 is 10.0 Å². The minimum Gasteiger partial charge on any atom is -0.423 e. The average Bonchev–Trinajstić information content (AvgIpc) is 3.52. The summed E-state index contributed by atoms with van der Waals surface area (Å²) in [7, 11) is -1.34. The lowest BCUT2D eigenvalue weighted by Gasteiger charge is -1.99. The molecule has 4 aromatic carbocycles. The van der Waals surface area contributed by atoms with Crippen LogP contribution in [0, 0.1) is 0 Å². The van der Waals surface area contributed by atoms with Crippen molar-refractivity contribution >= 4 is 94.6 Å². The molecule has 6 rings (SSSR count). The number of rotatable bonds is 2. The van der Waals surface area contributed by atoms with Crippen molar-refractivity contribution in [2.24, 2.45) is 0 Å². The van der Waals surface area contributed by atoms with Crippen molar-refractivity contribution in [3.8, 4) is 11.1 Å². The van der Waals surface area contributed by atoms with Gasteiger partial charge in [-0.15, -0.1) is 22.7 Å². The monoisotopic (exact) mass is 612 g/mol. The van der Waals surface area contributed by atoms with Gasteiger partial charge in [-0.3, -0.25) is 0 Å². The Kier molecular flexibility index (Phi) is 9.63. The van der Waals surface area contributed by atoms with E-state index in [1.807, 2.05) is 36.4 Å². The third-order valence-corrected chi connectivity index (χ3v) is 9.11. The summed E-state index contributed by atoms with van der Waals surface area (Å²) in [4.78, 5) is 0. The Bertz CT molecular complexity index is 1550. The maximum Gasteiger partial charge on any atom is 0.488 e. The van der Waals surface area contributed by atoms with Crippen LogP contribution >= 0.6 is 61.8 Å². The fourth-order valence-electron chi connectivity index (χ4n) is 3.48. The number of hydrogen-bond donors (Lipinski definition) is 2. The van der Waals surface area contributed by atoms with Crippen molar-refractivity contribution in [2.75, 3.05) is 0 Å². The van der Waals surface area contributed by atoms with E-state index < -0.39 is 7.12 Å². The second-order valence-corrected chi connectivity index (χ2v) is 11.0. The molecular formula is C28H20BBrCl2O2S2. The molecular weight excluding hydrogens is 594 g/mol. The van der Waals surface area contributed by atoms with Crippen LogP contribution in [0.5, 0.6) is 0 Å². The molecule has 0 aliphatic heterocycles. The Morgan fingerprint density at radius 2 is 1.14 bits per heavy atom. The smallest absolute Gasteiger partial charge is 0.423 e. The Hall–Kier alpha value is -2.16. The van der Waals surface area contributed by atoms with Crippen molar-refractivity contribution in [3.05, 3.63) is 122 Å². The van der Waals surface area contributed by atoms with Gasteiger partial charge in [0.25, 0.3) is 0 Å². The van der Waals surface area contributed by atoms with Crippen LogP contribution in [0.1, 0.15) is 0 Å². The van der Waals surface area contributed by atoms with Crippen LogP contribution in [0.15, 0.2) is 112 Å². The maximum absolute atomic E-state index is 8.58. The summed E-state index contributed by atoms with van der Waals surface area (Å²) < 4.78 is 3.45. The first-order chi connectivity index (χ1) is 17.5. The fourth-order valence-corrected chi connectivity index (χ4v) is 6.66. The van der Waals surface area contributed by atoms with Gasteiger partial charge in [0.1, 0.15) is 0 Å².